The molecular weight excluding hydrogens is 292 g/mol. The molecule has 0 radical (unpaired) electrons. The van der Waals surface area contributed by atoms with Crippen LogP contribution in [-0.2, 0) is 6.54 Å². The van der Waals surface area contributed by atoms with Gasteiger partial charge in [0.2, 0.25) is 5.43 Å². The van der Waals surface area contributed by atoms with E-state index in [0.29, 0.717) is 5.92 Å². The Kier molecular flexibility index (Phi) is 4.53. The van der Waals surface area contributed by atoms with Crippen LogP contribution < -0.4 is 5.43 Å². The Hall–Kier alpha value is -1.16. The van der Waals surface area contributed by atoms with Gasteiger partial charge in [0.05, 0.1) is 11.7 Å². The van der Waals surface area contributed by atoms with Crippen molar-refractivity contribution in [2.24, 2.45) is 5.92 Å². The number of aromatic nitrogens is 2. The van der Waals surface area contributed by atoms with Crippen LogP contribution in [0.5, 0.6) is 0 Å². The number of para-hydroxylation sites is 1. The summed E-state index contributed by atoms with van der Waals surface area (Å²) in [6, 6.07) is 7.66. The van der Waals surface area contributed by atoms with E-state index in [-0.39, 0.29) is 5.43 Å². The summed E-state index contributed by atoms with van der Waals surface area (Å²) < 4.78 is 1.94. The van der Waals surface area contributed by atoms with Crippen LogP contribution >= 0.6 is 15.9 Å². The van der Waals surface area contributed by atoms with Crippen molar-refractivity contribution in [3.05, 3.63) is 40.7 Å². The molecule has 0 aliphatic carbocycles. The maximum Gasteiger partial charge on any atom is 0.207 e. The maximum absolute atomic E-state index is 11.7. The predicted octanol–water partition coefficient (Wildman–Crippen LogP) is 3.21. The van der Waals surface area contributed by atoms with Crippen LogP contribution in [0.1, 0.15) is 19.8 Å². The molecule has 0 saturated carbocycles. The molecule has 3 nitrogen and oxygen atoms in total. The van der Waals surface area contributed by atoms with E-state index in [4.69, 9.17) is 0 Å². The van der Waals surface area contributed by atoms with Gasteiger partial charge in [-0.3, -0.25) is 9.48 Å². The molecule has 0 N–H and O–H groups in total. The molecule has 1 atom stereocenters. The quantitative estimate of drug-likeness (QED) is 0.795. The molecule has 0 spiro atoms. The third-order valence-electron chi connectivity index (χ3n) is 3.11. The third kappa shape index (κ3) is 2.80. The fourth-order valence-electron chi connectivity index (χ4n) is 2.18. The summed E-state index contributed by atoms with van der Waals surface area (Å²) in [6.45, 7) is 3.03. The Morgan fingerprint density at radius 1 is 1.39 bits per heavy atom. The average molecular weight is 309 g/mol. The van der Waals surface area contributed by atoms with E-state index < -0.39 is 0 Å². The summed E-state index contributed by atoms with van der Waals surface area (Å²) in [5, 5.41) is 5.97. The molecule has 0 amide bonds. The highest BCUT2D eigenvalue weighted by atomic mass is 79.9. The Balaban J connectivity index is 2.39. The number of hydrogen-bond donors (Lipinski definition) is 0. The van der Waals surface area contributed by atoms with E-state index in [1.165, 1.54) is 6.20 Å². The van der Waals surface area contributed by atoms with Crippen molar-refractivity contribution < 1.29 is 0 Å². The summed E-state index contributed by atoms with van der Waals surface area (Å²) in [6.07, 6.45) is 3.74. The first-order chi connectivity index (χ1) is 8.76. The van der Waals surface area contributed by atoms with Gasteiger partial charge in [-0.25, -0.2) is 0 Å². The van der Waals surface area contributed by atoms with Crippen molar-refractivity contribution in [2.75, 3.05) is 5.33 Å². The molecule has 1 aromatic carbocycles. The Morgan fingerprint density at radius 2 is 2.17 bits per heavy atom. The topological polar surface area (TPSA) is 34.9 Å². The normalized spacial score (nSPS) is 12.8. The van der Waals surface area contributed by atoms with Gasteiger partial charge in [-0.05, 0) is 24.5 Å². The van der Waals surface area contributed by atoms with Gasteiger partial charge in [-0.15, -0.1) is 0 Å². The minimum Gasteiger partial charge on any atom is -0.287 e. The molecule has 2 rings (SSSR count). The number of fused-ring (bicyclic) bond motifs is 1. The standard InChI is InChI=1S/C14H17BrN2O/c1-2-5-11(8-15)10-17-13-7-4-3-6-12(13)14(18)9-16-17/h3-4,6-7,9,11H,2,5,8,10H2,1H3. The zero-order chi connectivity index (χ0) is 13.0. The molecule has 0 aliphatic heterocycles. The van der Waals surface area contributed by atoms with Gasteiger partial charge in [0.15, 0.2) is 0 Å². The number of benzene rings is 1. The van der Waals surface area contributed by atoms with E-state index in [1.54, 1.807) is 0 Å². The lowest BCUT2D eigenvalue weighted by molar-refractivity contribution is 0.433. The minimum absolute atomic E-state index is 0.00673. The second-order valence-electron chi connectivity index (χ2n) is 4.52. The molecule has 0 aliphatic rings. The number of halogens is 1. The summed E-state index contributed by atoms with van der Waals surface area (Å²) in [5.74, 6) is 0.549. The van der Waals surface area contributed by atoms with Crippen LogP contribution in [0, 0.1) is 5.92 Å². The molecule has 0 bridgehead atoms. The second kappa shape index (κ2) is 6.14. The first-order valence-electron chi connectivity index (χ1n) is 6.27. The molecule has 0 saturated heterocycles. The maximum atomic E-state index is 11.7. The van der Waals surface area contributed by atoms with Gasteiger partial charge in [0.25, 0.3) is 0 Å². The summed E-state index contributed by atoms with van der Waals surface area (Å²) in [5.41, 5.74) is 0.916. The van der Waals surface area contributed by atoms with Crippen molar-refractivity contribution in [3.8, 4) is 0 Å². The van der Waals surface area contributed by atoms with E-state index in [2.05, 4.69) is 28.0 Å². The molecule has 4 heteroatoms. The van der Waals surface area contributed by atoms with Crippen LogP contribution in [-0.4, -0.2) is 15.1 Å². The van der Waals surface area contributed by atoms with Crippen LogP contribution in [0.15, 0.2) is 35.3 Å². The Bertz CT molecular complexity index is 579. The lowest BCUT2D eigenvalue weighted by atomic mass is 10.1. The Morgan fingerprint density at radius 3 is 2.89 bits per heavy atom. The first kappa shape index (κ1) is 13.3. The smallest absolute Gasteiger partial charge is 0.207 e. The lowest BCUT2D eigenvalue weighted by Gasteiger charge is -2.16. The van der Waals surface area contributed by atoms with Crippen molar-refractivity contribution in [1.29, 1.82) is 0 Å². The molecule has 18 heavy (non-hydrogen) atoms. The van der Waals surface area contributed by atoms with Crippen LogP contribution in [0.2, 0.25) is 0 Å². The molecule has 96 valence electrons. The van der Waals surface area contributed by atoms with Gasteiger partial charge < -0.3 is 0 Å². The van der Waals surface area contributed by atoms with Crippen molar-refractivity contribution in [1.82, 2.24) is 9.78 Å². The van der Waals surface area contributed by atoms with Gasteiger partial charge >= 0.3 is 0 Å². The van der Waals surface area contributed by atoms with E-state index in [1.807, 2.05) is 28.9 Å². The van der Waals surface area contributed by atoms with E-state index in [9.17, 15) is 4.79 Å². The lowest BCUT2D eigenvalue weighted by Crippen LogP contribution is -2.18. The highest BCUT2D eigenvalue weighted by molar-refractivity contribution is 9.09. The molecule has 0 fully saturated rings. The molecule has 1 aromatic heterocycles. The predicted molar refractivity (Wildman–Crippen MR) is 78.2 cm³/mol. The molecule has 1 unspecified atom stereocenters. The van der Waals surface area contributed by atoms with Crippen molar-refractivity contribution >= 4 is 26.8 Å². The molecule has 2 aromatic rings. The van der Waals surface area contributed by atoms with Crippen LogP contribution in [0.25, 0.3) is 10.9 Å². The Labute approximate surface area is 115 Å². The first-order valence-corrected chi connectivity index (χ1v) is 7.39. The summed E-state index contributed by atoms with van der Waals surface area (Å²) >= 11 is 3.55. The van der Waals surface area contributed by atoms with E-state index >= 15 is 0 Å². The zero-order valence-corrected chi connectivity index (χ0v) is 12.1. The fraction of sp³-hybridized carbons (Fsp3) is 0.429. The van der Waals surface area contributed by atoms with Gasteiger partial charge in [0.1, 0.15) is 0 Å². The van der Waals surface area contributed by atoms with Crippen LogP contribution in [0.3, 0.4) is 0 Å². The molecule has 1 heterocycles. The largest absolute Gasteiger partial charge is 0.287 e. The summed E-state index contributed by atoms with van der Waals surface area (Å²) in [4.78, 5) is 11.7. The van der Waals surface area contributed by atoms with Gasteiger partial charge in [0, 0.05) is 17.3 Å². The number of alkyl halides is 1. The highest BCUT2D eigenvalue weighted by Gasteiger charge is 2.10. The van der Waals surface area contributed by atoms with Crippen molar-refractivity contribution in [2.45, 2.75) is 26.3 Å². The average Bonchev–Trinajstić information content (AvgIpc) is 2.41. The number of nitrogens with zero attached hydrogens (tertiary/aromatic N) is 2. The van der Waals surface area contributed by atoms with Crippen molar-refractivity contribution in [3.63, 3.8) is 0 Å². The third-order valence-corrected chi connectivity index (χ3v) is 4.02. The minimum atomic E-state index is -0.00673. The van der Waals surface area contributed by atoms with Crippen LogP contribution in [0.4, 0.5) is 0 Å². The number of rotatable bonds is 5. The second-order valence-corrected chi connectivity index (χ2v) is 5.16. The SMILES string of the molecule is CCCC(CBr)Cn1ncc(=O)c2ccccc21. The summed E-state index contributed by atoms with van der Waals surface area (Å²) in [7, 11) is 0. The van der Waals surface area contributed by atoms with Gasteiger partial charge in [-0.1, -0.05) is 41.4 Å². The van der Waals surface area contributed by atoms with E-state index in [0.717, 1.165) is 35.6 Å². The van der Waals surface area contributed by atoms with Gasteiger partial charge in [-0.2, -0.15) is 5.10 Å². The highest BCUT2D eigenvalue weighted by Crippen LogP contribution is 2.15. The zero-order valence-electron chi connectivity index (χ0n) is 10.5. The monoisotopic (exact) mass is 308 g/mol. The molecular formula is C14H17BrN2O. The number of hydrogen-bond acceptors (Lipinski definition) is 2. The fourth-order valence-corrected chi connectivity index (χ4v) is 2.70.